The fourth-order valence-corrected chi connectivity index (χ4v) is 5.81. The first kappa shape index (κ1) is 32.6. The first-order valence-electron chi connectivity index (χ1n) is 14.0. The van der Waals surface area contributed by atoms with E-state index in [1.807, 2.05) is 12.1 Å². The van der Waals surface area contributed by atoms with E-state index in [0.717, 1.165) is 43.1 Å². The van der Waals surface area contributed by atoms with Crippen LogP contribution in [-0.4, -0.2) is 13.0 Å². The zero-order valence-corrected chi connectivity index (χ0v) is 25.6. The van der Waals surface area contributed by atoms with Gasteiger partial charge in [0, 0.05) is 5.39 Å². The molecule has 0 N–H and O–H groups in total. The topological polar surface area (TPSA) is 57.2 Å². The summed E-state index contributed by atoms with van der Waals surface area (Å²) in [6, 6.07) is 9.28. The van der Waals surface area contributed by atoms with Crippen molar-refractivity contribution < 1.29 is 42.5 Å². The Morgan fingerprint density at radius 1 is 0.629 bits per heavy atom. The van der Waals surface area contributed by atoms with Crippen molar-refractivity contribution in [2.45, 2.75) is 134 Å². The Morgan fingerprint density at radius 3 is 1.63 bits per heavy atom. The van der Waals surface area contributed by atoms with E-state index in [1.165, 1.54) is 95.1 Å². The number of hydrogen-bond donors (Lipinski definition) is 0. The molecule has 0 fully saturated rings. The Labute approximate surface area is 237 Å². The average molecular weight is 511 g/mol. The molecule has 0 saturated carbocycles. The van der Waals surface area contributed by atoms with Crippen molar-refractivity contribution in [3.8, 4) is 0 Å². The standard InChI is InChI=1S/C30H48O3S.Na/c1-3-5-7-9-11-13-15-17-20-26-24-25-27-21-19-23-29(34(31,32)33)30(27)28(26)22-18-16-14-12-10-8-6-4-2;/h19,21,23-25H,3-18,20,22H2,1-2H3,(H,31,32,33);/q;+1/p-1. The van der Waals surface area contributed by atoms with Crippen LogP contribution in [0.25, 0.3) is 10.8 Å². The van der Waals surface area contributed by atoms with Gasteiger partial charge in [-0.3, -0.25) is 0 Å². The summed E-state index contributed by atoms with van der Waals surface area (Å²) in [4.78, 5) is -0.0441. The van der Waals surface area contributed by atoms with Crippen molar-refractivity contribution in [3.05, 3.63) is 41.5 Å². The van der Waals surface area contributed by atoms with Crippen molar-refractivity contribution in [2.24, 2.45) is 0 Å². The minimum absolute atomic E-state index is 0. The van der Waals surface area contributed by atoms with Gasteiger partial charge in [0.1, 0.15) is 10.1 Å². The van der Waals surface area contributed by atoms with E-state index in [9.17, 15) is 13.0 Å². The molecule has 0 amide bonds. The summed E-state index contributed by atoms with van der Waals surface area (Å²) in [5.74, 6) is 0. The van der Waals surface area contributed by atoms with Gasteiger partial charge in [0.2, 0.25) is 0 Å². The van der Waals surface area contributed by atoms with Crippen LogP contribution in [0.1, 0.15) is 128 Å². The number of aryl methyl sites for hydroxylation is 2. The van der Waals surface area contributed by atoms with Gasteiger partial charge in [-0.1, -0.05) is 128 Å². The Kier molecular flexibility index (Phi) is 17.5. The van der Waals surface area contributed by atoms with E-state index in [1.54, 1.807) is 6.07 Å². The quantitative estimate of drug-likeness (QED) is 0.130. The van der Waals surface area contributed by atoms with Gasteiger partial charge in [0.15, 0.2) is 0 Å². The molecule has 0 aliphatic carbocycles. The molecular weight excluding hydrogens is 463 g/mol. The largest absolute Gasteiger partial charge is 1.00 e. The maximum absolute atomic E-state index is 12.1. The van der Waals surface area contributed by atoms with E-state index < -0.39 is 10.1 Å². The van der Waals surface area contributed by atoms with Crippen LogP contribution in [0.3, 0.4) is 0 Å². The molecule has 0 unspecified atom stereocenters. The molecule has 35 heavy (non-hydrogen) atoms. The van der Waals surface area contributed by atoms with E-state index in [2.05, 4.69) is 19.9 Å². The van der Waals surface area contributed by atoms with Crippen molar-refractivity contribution in [1.82, 2.24) is 0 Å². The van der Waals surface area contributed by atoms with Crippen LogP contribution < -0.4 is 29.6 Å². The number of fused-ring (bicyclic) bond motifs is 1. The monoisotopic (exact) mass is 510 g/mol. The summed E-state index contributed by atoms with van der Waals surface area (Å²) < 4.78 is 36.2. The molecular formula is C30H47NaO3S. The molecule has 0 spiro atoms. The molecule has 0 aliphatic heterocycles. The summed E-state index contributed by atoms with van der Waals surface area (Å²) in [5, 5.41) is 1.55. The minimum atomic E-state index is -4.51. The van der Waals surface area contributed by atoms with E-state index in [-0.39, 0.29) is 34.5 Å². The second kappa shape index (κ2) is 18.8. The van der Waals surface area contributed by atoms with Crippen LogP contribution in [0.5, 0.6) is 0 Å². The molecule has 3 nitrogen and oxygen atoms in total. The maximum Gasteiger partial charge on any atom is 1.00 e. The first-order valence-corrected chi connectivity index (χ1v) is 15.4. The third-order valence-electron chi connectivity index (χ3n) is 7.06. The van der Waals surface area contributed by atoms with Crippen LogP contribution in [0.2, 0.25) is 0 Å². The summed E-state index contributed by atoms with van der Waals surface area (Å²) in [6.45, 7) is 4.49. The average Bonchev–Trinajstić information content (AvgIpc) is 2.82. The van der Waals surface area contributed by atoms with Crippen molar-refractivity contribution >= 4 is 20.9 Å². The number of unbranched alkanes of at least 4 members (excludes halogenated alkanes) is 14. The normalized spacial score (nSPS) is 11.6. The number of hydrogen-bond acceptors (Lipinski definition) is 3. The second-order valence-corrected chi connectivity index (χ2v) is 11.3. The zero-order valence-electron chi connectivity index (χ0n) is 22.7. The number of benzene rings is 2. The Balaban J connectivity index is 0.00000612. The SMILES string of the molecule is CCCCCCCCCCc1ccc2cccc(S(=O)(=O)[O-])c2c1CCCCCCCCCC.[Na+]. The van der Waals surface area contributed by atoms with Gasteiger partial charge in [-0.15, -0.1) is 0 Å². The molecule has 0 radical (unpaired) electrons. The minimum Gasteiger partial charge on any atom is -0.744 e. The summed E-state index contributed by atoms with van der Waals surface area (Å²) in [7, 11) is -4.51. The van der Waals surface area contributed by atoms with Gasteiger partial charge in [-0.25, -0.2) is 8.42 Å². The third kappa shape index (κ3) is 12.1. The Bertz CT molecular complexity index is 940. The first-order chi connectivity index (χ1) is 16.5. The molecule has 2 aromatic carbocycles. The van der Waals surface area contributed by atoms with E-state index >= 15 is 0 Å². The predicted octanol–water partition coefficient (Wildman–Crippen LogP) is 6.11. The van der Waals surface area contributed by atoms with Crippen LogP contribution >= 0.6 is 0 Å². The Morgan fingerprint density at radius 2 is 1.11 bits per heavy atom. The van der Waals surface area contributed by atoms with Crippen LogP contribution in [-0.2, 0) is 23.0 Å². The van der Waals surface area contributed by atoms with Gasteiger partial charge in [0.25, 0.3) is 0 Å². The van der Waals surface area contributed by atoms with Crippen LogP contribution in [0, 0.1) is 0 Å². The molecule has 0 atom stereocenters. The van der Waals surface area contributed by atoms with Gasteiger partial charge in [0.05, 0.1) is 4.90 Å². The predicted molar refractivity (Wildman–Crippen MR) is 145 cm³/mol. The third-order valence-corrected chi connectivity index (χ3v) is 7.94. The molecule has 0 saturated heterocycles. The number of rotatable bonds is 19. The van der Waals surface area contributed by atoms with E-state index in [4.69, 9.17) is 0 Å². The summed E-state index contributed by atoms with van der Waals surface area (Å²) in [6.07, 6.45) is 22.0. The van der Waals surface area contributed by atoms with Crippen molar-refractivity contribution in [2.75, 3.05) is 0 Å². The van der Waals surface area contributed by atoms with Gasteiger partial charge in [-0.05, 0) is 48.3 Å². The molecule has 2 rings (SSSR count). The maximum atomic E-state index is 12.1. The summed E-state index contributed by atoms with van der Waals surface area (Å²) >= 11 is 0. The fraction of sp³-hybridized carbons (Fsp3) is 0.667. The molecule has 0 heterocycles. The molecule has 0 aromatic heterocycles. The molecule has 5 heteroatoms. The smallest absolute Gasteiger partial charge is 0.744 e. The van der Waals surface area contributed by atoms with Crippen LogP contribution in [0.4, 0.5) is 0 Å². The van der Waals surface area contributed by atoms with Crippen LogP contribution in [0.15, 0.2) is 35.2 Å². The second-order valence-electron chi connectivity index (χ2n) is 9.96. The van der Waals surface area contributed by atoms with Crippen molar-refractivity contribution in [3.63, 3.8) is 0 Å². The Hall–Kier alpha value is -0.390. The fourth-order valence-electron chi connectivity index (χ4n) is 5.07. The zero-order chi connectivity index (χ0) is 24.7. The molecule has 192 valence electrons. The van der Waals surface area contributed by atoms with Gasteiger partial charge < -0.3 is 4.55 Å². The molecule has 0 aliphatic rings. The summed E-state index contributed by atoms with van der Waals surface area (Å²) in [5.41, 5.74) is 2.33. The molecule has 2 aromatic rings. The molecule has 0 bridgehead atoms. The van der Waals surface area contributed by atoms with Gasteiger partial charge in [-0.2, -0.15) is 0 Å². The van der Waals surface area contributed by atoms with Gasteiger partial charge >= 0.3 is 29.6 Å². The van der Waals surface area contributed by atoms with E-state index in [0.29, 0.717) is 5.39 Å². The van der Waals surface area contributed by atoms with Crippen molar-refractivity contribution in [1.29, 1.82) is 0 Å².